The molecule has 48 valence electrons. The summed E-state index contributed by atoms with van der Waals surface area (Å²) in [6.45, 7) is 0. The highest BCUT2D eigenvalue weighted by molar-refractivity contribution is 7.96. The van der Waals surface area contributed by atoms with Gasteiger partial charge in [0.15, 0.2) is 5.12 Å². The van der Waals surface area contributed by atoms with Crippen LogP contribution in [-0.4, -0.2) is 15.3 Å². The molecule has 0 amide bonds. The maximum absolute atomic E-state index is 10.2. The number of hydrogen-bond acceptors (Lipinski definition) is 4. The van der Waals surface area contributed by atoms with Crippen molar-refractivity contribution in [3.05, 3.63) is 12.3 Å². The van der Waals surface area contributed by atoms with E-state index in [0.29, 0.717) is 5.89 Å². The Bertz CT molecular complexity index is 196. The molecule has 0 aliphatic carbocycles. The topological polar surface area (TPSA) is 56.0 Å². The summed E-state index contributed by atoms with van der Waals surface area (Å²) < 4.78 is 4.65. The van der Waals surface area contributed by atoms with E-state index < -0.39 is 0 Å². The maximum atomic E-state index is 10.2. The van der Waals surface area contributed by atoms with Crippen LogP contribution in [0.3, 0.4) is 0 Å². The van der Waals surface area contributed by atoms with Crippen LogP contribution in [0.25, 0.3) is 0 Å². The van der Waals surface area contributed by atoms with Gasteiger partial charge in [-0.2, -0.15) is 0 Å². The van der Waals surface area contributed by atoms with E-state index in [-0.39, 0.29) is 11.5 Å². The molecule has 1 aromatic rings. The largest absolute Gasteiger partial charge is 0.427 e. The summed E-state index contributed by atoms with van der Waals surface area (Å²) in [6.07, 6.45) is 1.27. The minimum absolute atomic E-state index is 0.100. The van der Waals surface area contributed by atoms with Gasteiger partial charge < -0.3 is 4.42 Å². The van der Waals surface area contributed by atoms with Crippen LogP contribution in [0.1, 0.15) is 5.89 Å². The number of thiol groups is 1. The predicted octanol–water partition coefficient (Wildman–Crippen LogP) is 0.0685. The van der Waals surface area contributed by atoms with Gasteiger partial charge in [-0.3, -0.25) is 4.79 Å². The SMILES string of the molecule is O=C(S)Cc1nnco1. The second-order valence-electron chi connectivity index (χ2n) is 1.40. The van der Waals surface area contributed by atoms with Crippen LogP contribution in [0.4, 0.5) is 0 Å². The van der Waals surface area contributed by atoms with Crippen molar-refractivity contribution in [3.63, 3.8) is 0 Å². The fourth-order valence-electron chi connectivity index (χ4n) is 0.402. The third-order valence-corrected chi connectivity index (χ3v) is 0.866. The summed E-state index contributed by atoms with van der Waals surface area (Å²) in [7, 11) is 0. The molecule has 1 heterocycles. The quantitative estimate of drug-likeness (QED) is 0.597. The molecule has 0 radical (unpaired) electrons. The molecule has 0 aliphatic heterocycles. The standard InChI is InChI=1S/C4H4N2O2S/c7-4(9)1-3-6-5-2-8-3/h2H,1H2,(H,7,9). The minimum Gasteiger partial charge on any atom is -0.427 e. The third-order valence-electron chi connectivity index (χ3n) is 0.708. The second-order valence-corrected chi connectivity index (χ2v) is 1.90. The van der Waals surface area contributed by atoms with E-state index in [0.717, 1.165) is 0 Å². The Balaban J connectivity index is 2.58. The van der Waals surface area contributed by atoms with Gasteiger partial charge >= 0.3 is 0 Å². The van der Waals surface area contributed by atoms with Crippen LogP contribution < -0.4 is 0 Å². The van der Waals surface area contributed by atoms with Crippen LogP contribution in [-0.2, 0) is 11.2 Å². The molecule has 4 nitrogen and oxygen atoms in total. The molecule has 0 spiro atoms. The highest BCUT2D eigenvalue weighted by Gasteiger charge is 2.01. The first-order valence-corrected chi connectivity index (χ1v) is 2.70. The Morgan fingerprint density at radius 3 is 3.11 bits per heavy atom. The number of aromatic nitrogens is 2. The summed E-state index contributed by atoms with van der Waals surface area (Å²) in [4.78, 5) is 10.2. The summed E-state index contributed by atoms with van der Waals surface area (Å²) in [6, 6.07) is 0. The fraction of sp³-hybridized carbons (Fsp3) is 0.250. The molecule has 0 bridgehead atoms. The van der Waals surface area contributed by atoms with E-state index >= 15 is 0 Å². The van der Waals surface area contributed by atoms with Crippen molar-refractivity contribution in [1.82, 2.24) is 10.2 Å². The average Bonchev–Trinajstić information content (AvgIpc) is 2.15. The molecule has 1 rings (SSSR count). The van der Waals surface area contributed by atoms with Crippen LogP contribution >= 0.6 is 12.6 Å². The first-order chi connectivity index (χ1) is 4.29. The van der Waals surface area contributed by atoms with E-state index in [2.05, 4.69) is 27.2 Å². The lowest BCUT2D eigenvalue weighted by atomic mass is 10.5. The van der Waals surface area contributed by atoms with Crippen molar-refractivity contribution in [2.45, 2.75) is 6.42 Å². The molecule has 0 saturated carbocycles. The van der Waals surface area contributed by atoms with Crippen molar-refractivity contribution in [2.24, 2.45) is 0 Å². The molecule has 0 N–H and O–H groups in total. The molecule has 0 saturated heterocycles. The number of hydrogen-bond donors (Lipinski definition) is 1. The Labute approximate surface area is 56.7 Å². The lowest BCUT2D eigenvalue weighted by molar-refractivity contribution is -0.110. The van der Waals surface area contributed by atoms with Gasteiger partial charge in [-0.1, -0.05) is 0 Å². The van der Waals surface area contributed by atoms with Crippen LogP contribution in [0.5, 0.6) is 0 Å². The van der Waals surface area contributed by atoms with Gasteiger partial charge in [-0.15, -0.1) is 22.8 Å². The van der Waals surface area contributed by atoms with Crippen LogP contribution in [0, 0.1) is 0 Å². The second kappa shape index (κ2) is 2.63. The van der Waals surface area contributed by atoms with Gasteiger partial charge in [-0.05, 0) is 0 Å². The Morgan fingerprint density at radius 1 is 1.89 bits per heavy atom. The Hall–Kier alpha value is -0.840. The van der Waals surface area contributed by atoms with E-state index in [4.69, 9.17) is 0 Å². The zero-order valence-electron chi connectivity index (χ0n) is 4.44. The molecule has 0 aromatic carbocycles. The van der Waals surface area contributed by atoms with E-state index in [9.17, 15) is 4.79 Å². The van der Waals surface area contributed by atoms with Gasteiger partial charge in [0.05, 0.1) is 6.42 Å². The first-order valence-electron chi connectivity index (χ1n) is 2.26. The van der Waals surface area contributed by atoms with Gasteiger partial charge in [0.2, 0.25) is 12.3 Å². The number of carbonyl (C=O) groups is 1. The van der Waals surface area contributed by atoms with Crippen molar-refractivity contribution >= 4 is 17.7 Å². The van der Waals surface area contributed by atoms with E-state index in [1.807, 2.05) is 0 Å². The summed E-state index contributed by atoms with van der Waals surface area (Å²) in [5, 5.41) is 6.56. The lowest BCUT2D eigenvalue weighted by Crippen LogP contribution is -1.92. The molecule has 0 atom stereocenters. The fourth-order valence-corrected chi connectivity index (χ4v) is 0.538. The summed E-state index contributed by atoms with van der Waals surface area (Å²) in [5.74, 6) is 0.301. The highest BCUT2D eigenvalue weighted by Crippen LogP contribution is 1.94. The number of nitrogens with zero attached hydrogens (tertiary/aromatic N) is 2. The monoisotopic (exact) mass is 144 g/mol. The predicted molar refractivity (Wildman–Crippen MR) is 32.0 cm³/mol. The smallest absolute Gasteiger partial charge is 0.224 e. The Kier molecular flexibility index (Phi) is 1.84. The van der Waals surface area contributed by atoms with Gasteiger partial charge in [0, 0.05) is 0 Å². The molecule has 5 heteroatoms. The van der Waals surface area contributed by atoms with Gasteiger partial charge in [-0.25, -0.2) is 0 Å². The zero-order chi connectivity index (χ0) is 6.69. The molecular formula is C4H4N2O2S. The van der Waals surface area contributed by atoms with Crippen molar-refractivity contribution in [1.29, 1.82) is 0 Å². The maximum Gasteiger partial charge on any atom is 0.224 e. The molecule has 0 fully saturated rings. The van der Waals surface area contributed by atoms with Crippen molar-refractivity contribution < 1.29 is 9.21 Å². The van der Waals surface area contributed by atoms with Gasteiger partial charge in [0.1, 0.15) is 0 Å². The lowest BCUT2D eigenvalue weighted by Gasteiger charge is -1.82. The van der Waals surface area contributed by atoms with Crippen LogP contribution in [0.15, 0.2) is 10.8 Å². The minimum atomic E-state index is -0.278. The third kappa shape index (κ3) is 1.85. The zero-order valence-corrected chi connectivity index (χ0v) is 5.34. The van der Waals surface area contributed by atoms with Crippen molar-refractivity contribution in [2.75, 3.05) is 0 Å². The van der Waals surface area contributed by atoms with Crippen LogP contribution in [0.2, 0.25) is 0 Å². The summed E-state index contributed by atoms with van der Waals surface area (Å²) in [5.41, 5.74) is 0. The molecule has 0 aliphatic rings. The van der Waals surface area contributed by atoms with E-state index in [1.54, 1.807) is 0 Å². The highest BCUT2D eigenvalue weighted by atomic mass is 32.1. The molecule has 0 unspecified atom stereocenters. The molecule has 1 aromatic heterocycles. The number of carbonyl (C=O) groups excluding carboxylic acids is 1. The normalized spacial score (nSPS) is 9.44. The number of rotatable bonds is 2. The molecule has 9 heavy (non-hydrogen) atoms. The molecular weight excluding hydrogens is 140 g/mol. The van der Waals surface area contributed by atoms with Gasteiger partial charge in [0.25, 0.3) is 0 Å². The Morgan fingerprint density at radius 2 is 2.67 bits per heavy atom. The summed E-state index contributed by atoms with van der Waals surface area (Å²) >= 11 is 3.52. The average molecular weight is 144 g/mol. The van der Waals surface area contributed by atoms with E-state index in [1.165, 1.54) is 6.39 Å². The first kappa shape index (κ1) is 6.28. The van der Waals surface area contributed by atoms with Crippen molar-refractivity contribution in [3.8, 4) is 0 Å².